The molecule has 0 amide bonds. The van der Waals surface area contributed by atoms with Crippen LogP contribution in [0.15, 0.2) is 24.9 Å². The van der Waals surface area contributed by atoms with Crippen LogP contribution >= 0.6 is 0 Å². The van der Waals surface area contributed by atoms with Crippen molar-refractivity contribution in [3.8, 4) is 0 Å². The molecule has 1 fully saturated rings. The fraction of sp³-hybridized carbons (Fsp3) is 0.357. The summed E-state index contributed by atoms with van der Waals surface area (Å²) in [4.78, 5) is 26.6. The van der Waals surface area contributed by atoms with Crippen molar-refractivity contribution < 1.29 is 19.1 Å². The van der Waals surface area contributed by atoms with E-state index in [0.29, 0.717) is 5.57 Å². The first-order valence-electron chi connectivity index (χ1n) is 6.01. The number of rotatable bonds is 5. The van der Waals surface area contributed by atoms with Crippen molar-refractivity contribution in [2.24, 2.45) is 5.92 Å². The van der Waals surface area contributed by atoms with Crippen LogP contribution < -0.4 is 0 Å². The first-order chi connectivity index (χ1) is 9.11. The van der Waals surface area contributed by atoms with Gasteiger partial charge in [-0.05, 0) is 30.0 Å². The molecule has 0 unspecified atom stereocenters. The van der Waals surface area contributed by atoms with E-state index in [1.54, 1.807) is 12.1 Å². The lowest BCUT2D eigenvalue weighted by Gasteiger charge is -2.07. The van der Waals surface area contributed by atoms with Crippen molar-refractivity contribution >= 4 is 17.5 Å². The second-order valence-corrected chi connectivity index (χ2v) is 4.41. The van der Waals surface area contributed by atoms with Gasteiger partial charge in [0, 0.05) is 6.20 Å². The monoisotopic (exact) mass is 261 g/mol. The SMILES string of the molecule is C=C(COC(=O)C1CC1)c1ccc(C(=O)OC)nc1. The van der Waals surface area contributed by atoms with Crippen LogP contribution in [0.3, 0.4) is 0 Å². The number of aromatic nitrogens is 1. The van der Waals surface area contributed by atoms with Gasteiger partial charge in [0.05, 0.1) is 13.0 Å². The minimum absolute atomic E-state index is 0.0765. The lowest BCUT2D eigenvalue weighted by Crippen LogP contribution is -2.09. The van der Waals surface area contributed by atoms with Gasteiger partial charge in [0.25, 0.3) is 0 Å². The lowest BCUT2D eigenvalue weighted by atomic mass is 10.1. The Morgan fingerprint density at radius 3 is 2.68 bits per heavy atom. The Labute approximate surface area is 111 Å². The topological polar surface area (TPSA) is 65.5 Å². The zero-order valence-electron chi connectivity index (χ0n) is 10.7. The third kappa shape index (κ3) is 3.40. The molecule has 1 aromatic rings. The second kappa shape index (κ2) is 5.65. The minimum Gasteiger partial charge on any atom is -0.464 e. The molecule has 0 N–H and O–H groups in total. The van der Waals surface area contributed by atoms with Crippen molar-refractivity contribution in [2.75, 3.05) is 13.7 Å². The van der Waals surface area contributed by atoms with Crippen LogP contribution in [0.1, 0.15) is 28.9 Å². The third-order valence-electron chi connectivity index (χ3n) is 2.87. The largest absolute Gasteiger partial charge is 0.464 e. The molecule has 1 aliphatic rings. The molecule has 1 aliphatic carbocycles. The van der Waals surface area contributed by atoms with E-state index in [1.807, 2.05) is 0 Å². The zero-order chi connectivity index (χ0) is 13.8. The molecule has 100 valence electrons. The smallest absolute Gasteiger partial charge is 0.356 e. The number of pyridine rings is 1. The van der Waals surface area contributed by atoms with E-state index in [2.05, 4.69) is 16.3 Å². The van der Waals surface area contributed by atoms with Crippen molar-refractivity contribution in [2.45, 2.75) is 12.8 Å². The maximum atomic E-state index is 11.4. The number of methoxy groups -OCH3 is 1. The minimum atomic E-state index is -0.489. The van der Waals surface area contributed by atoms with Gasteiger partial charge < -0.3 is 9.47 Å². The predicted octanol–water partition coefficient (Wildman–Crippen LogP) is 1.83. The Kier molecular flexibility index (Phi) is 3.94. The van der Waals surface area contributed by atoms with Gasteiger partial charge in [-0.3, -0.25) is 4.79 Å². The lowest BCUT2D eigenvalue weighted by molar-refractivity contribution is -0.143. The van der Waals surface area contributed by atoms with Crippen LogP contribution in [0.25, 0.3) is 5.57 Å². The van der Waals surface area contributed by atoms with Crippen LogP contribution in [0.5, 0.6) is 0 Å². The Balaban J connectivity index is 1.91. The average molecular weight is 261 g/mol. The molecule has 5 nitrogen and oxygen atoms in total. The van der Waals surface area contributed by atoms with Gasteiger partial charge in [0.1, 0.15) is 12.3 Å². The van der Waals surface area contributed by atoms with Crippen molar-refractivity contribution in [1.82, 2.24) is 4.98 Å². The highest BCUT2D eigenvalue weighted by Crippen LogP contribution is 2.30. The maximum absolute atomic E-state index is 11.4. The van der Waals surface area contributed by atoms with Crippen molar-refractivity contribution in [1.29, 1.82) is 0 Å². The van der Waals surface area contributed by atoms with E-state index >= 15 is 0 Å². The van der Waals surface area contributed by atoms with Gasteiger partial charge in [0.15, 0.2) is 0 Å². The molecule has 1 aromatic heterocycles. The number of carbonyl (C=O) groups excluding carboxylic acids is 2. The van der Waals surface area contributed by atoms with E-state index in [1.165, 1.54) is 13.3 Å². The molecule has 1 heterocycles. The maximum Gasteiger partial charge on any atom is 0.356 e. The number of carbonyl (C=O) groups is 2. The van der Waals surface area contributed by atoms with Crippen LogP contribution in [-0.2, 0) is 14.3 Å². The molecule has 0 bridgehead atoms. The van der Waals surface area contributed by atoms with E-state index in [9.17, 15) is 9.59 Å². The van der Waals surface area contributed by atoms with Crippen LogP contribution in [0.2, 0.25) is 0 Å². The number of nitrogens with zero attached hydrogens (tertiary/aromatic N) is 1. The Morgan fingerprint density at radius 2 is 2.16 bits per heavy atom. The van der Waals surface area contributed by atoms with Crippen molar-refractivity contribution in [3.63, 3.8) is 0 Å². The summed E-state index contributed by atoms with van der Waals surface area (Å²) in [5.41, 5.74) is 1.61. The van der Waals surface area contributed by atoms with Gasteiger partial charge in [0.2, 0.25) is 0 Å². The van der Waals surface area contributed by atoms with Gasteiger partial charge in [-0.2, -0.15) is 0 Å². The summed E-state index contributed by atoms with van der Waals surface area (Å²) < 4.78 is 9.68. The fourth-order valence-electron chi connectivity index (χ4n) is 1.51. The standard InChI is InChI=1S/C14H15NO4/c1-9(8-19-13(16)10-3-4-10)11-5-6-12(15-7-11)14(17)18-2/h5-7,10H,1,3-4,8H2,2H3. The van der Waals surface area contributed by atoms with Gasteiger partial charge in [-0.1, -0.05) is 12.6 Å². The van der Waals surface area contributed by atoms with E-state index in [0.717, 1.165) is 18.4 Å². The molecule has 0 spiro atoms. The summed E-state index contributed by atoms with van der Waals surface area (Å²) in [7, 11) is 1.30. The zero-order valence-corrected chi connectivity index (χ0v) is 10.7. The van der Waals surface area contributed by atoms with E-state index < -0.39 is 5.97 Å². The first-order valence-corrected chi connectivity index (χ1v) is 6.01. The van der Waals surface area contributed by atoms with Gasteiger partial charge >= 0.3 is 11.9 Å². The van der Waals surface area contributed by atoms with Crippen molar-refractivity contribution in [3.05, 3.63) is 36.2 Å². The highest BCUT2D eigenvalue weighted by atomic mass is 16.5. The predicted molar refractivity (Wildman–Crippen MR) is 68.3 cm³/mol. The molecular weight excluding hydrogens is 246 g/mol. The summed E-state index contributed by atoms with van der Waals surface area (Å²) in [5.74, 6) is -0.578. The Hall–Kier alpha value is -2.17. The first kappa shape index (κ1) is 13.3. The summed E-state index contributed by atoms with van der Waals surface area (Å²) >= 11 is 0. The molecule has 0 atom stereocenters. The Morgan fingerprint density at radius 1 is 1.42 bits per heavy atom. The number of esters is 2. The fourth-order valence-corrected chi connectivity index (χ4v) is 1.51. The molecule has 1 saturated carbocycles. The summed E-state index contributed by atoms with van der Waals surface area (Å²) in [6.07, 6.45) is 3.35. The molecule has 0 saturated heterocycles. The van der Waals surface area contributed by atoms with Crippen LogP contribution in [-0.4, -0.2) is 30.6 Å². The quantitative estimate of drug-likeness (QED) is 0.756. The van der Waals surface area contributed by atoms with Crippen LogP contribution in [0, 0.1) is 5.92 Å². The Bertz CT molecular complexity index is 503. The molecule has 19 heavy (non-hydrogen) atoms. The van der Waals surface area contributed by atoms with E-state index in [-0.39, 0.29) is 24.2 Å². The normalized spacial score (nSPS) is 13.7. The molecule has 0 aromatic carbocycles. The van der Waals surface area contributed by atoms with Gasteiger partial charge in [-0.15, -0.1) is 0 Å². The average Bonchev–Trinajstić information content (AvgIpc) is 3.28. The molecule has 0 aliphatic heterocycles. The molecule has 5 heteroatoms. The summed E-state index contributed by atoms with van der Waals surface area (Å²) in [5, 5.41) is 0. The molecular formula is C14H15NO4. The second-order valence-electron chi connectivity index (χ2n) is 4.41. The highest BCUT2D eigenvalue weighted by Gasteiger charge is 2.31. The van der Waals surface area contributed by atoms with Crippen LogP contribution in [0.4, 0.5) is 0 Å². The number of ether oxygens (including phenoxy) is 2. The third-order valence-corrected chi connectivity index (χ3v) is 2.87. The number of hydrogen-bond donors (Lipinski definition) is 0. The van der Waals surface area contributed by atoms with E-state index in [4.69, 9.17) is 4.74 Å². The number of hydrogen-bond acceptors (Lipinski definition) is 5. The molecule has 0 radical (unpaired) electrons. The van der Waals surface area contributed by atoms with Gasteiger partial charge in [-0.25, -0.2) is 9.78 Å². The summed E-state index contributed by atoms with van der Waals surface area (Å²) in [6, 6.07) is 3.25. The summed E-state index contributed by atoms with van der Waals surface area (Å²) in [6.45, 7) is 3.99. The highest BCUT2D eigenvalue weighted by molar-refractivity contribution is 5.87. The molecule has 2 rings (SSSR count).